The smallest absolute Gasteiger partial charge is 0.240 e. The van der Waals surface area contributed by atoms with E-state index in [-0.39, 0.29) is 0 Å². The molecule has 3 aromatic rings. The third-order valence-electron chi connectivity index (χ3n) is 2.64. The van der Waals surface area contributed by atoms with Crippen LogP contribution in [0.15, 0.2) is 31.0 Å². The van der Waals surface area contributed by atoms with Gasteiger partial charge < -0.3 is 5.32 Å². The molecule has 8 nitrogen and oxygen atoms in total. The Morgan fingerprint density at radius 1 is 1.20 bits per heavy atom. The molecule has 0 saturated heterocycles. The standard InChI is InChI=1S/C12H14N8/c1-3-14-11-15-10(9-4-6-19(2)18-9)16-12(17-11)20-7-5-13-8-20/h4-8H,3H2,1-2H3,(H,14,15,16,17). The lowest BCUT2D eigenvalue weighted by Gasteiger charge is -2.06. The van der Waals surface area contributed by atoms with Gasteiger partial charge in [0.25, 0.3) is 0 Å². The Bertz CT molecular complexity index is 700. The van der Waals surface area contributed by atoms with Gasteiger partial charge in [-0.1, -0.05) is 0 Å². The summed E-state index contributed by atoms with van der Waals surface area (Å²) in [6.07, 6.45) is 6.96. The molecular weight excluding hydrogens is 256 g/mol. The molecule has 0 aliphatic rings. The Labute approximate surface area is 115 Å². The Hall–Kier alpha value is -2.77. The van der Waals surface area contributed by atoms with E-state index in [1.54, 1.807) is 28.0 Å². The highest BCUT2D eigenvalue weighted by atomic mass is 15.3. The first-order valence-corrected chi connectivity index (χ1v) is 6.24. The van der Waals surface area contributed by atoms with Crippen LogP contribution in [0.3, 0.4) is 0 Å². The summed E-state index contributed by atoms with van der Waals surface area (Å²) >= 11 is 0. The molecule has 3 heterocycles. The fourth-order valence-electron chi connectivity index (χ4n) is 1.74. The van der Waals surface area contributed by atoms with E-state index in [0.717, 1.165) is 6.54 Å². The van der Waals surface area contributed by atoms with Crippen LogP contribution in [0.2, 0.25) is 0 Å². The van der Waals surface area contributed by atoms with Gasteiger partial charge in [-0.3, -0.25) is 9.25 Å². The lowest BCUT2D eigenvalue weighted by Crippen LogP contribution is -2.09. The monoisotopic (exact) mass is 270 g/mol. The largest absolute Gasteiger partial charge is 0.354 e. The minimum absolute atomic E-state index is 0.508. The second-order valence-electron chi connectivity index (χ2n) is 4.16. The molecule has 20 heavy (non-hydrogen) atoms. The summed E-state index contributed by atoms with van der Waals surface area (Å²) in [6, 6.07) is 1.86. The summed E-state index contributed by atoms with van der Waals surface area (Å²) in [4.78, 5) is 17.2. The van der Waals surface area contributed by atoms with Gasteiger partial charge in [-0.2, -0.15) is 20.1 Å². The number of rotatable bonds is 4. The third-order valence-corrected chi connectivity index (χ3v) is 2.64. The normalized spacial score (nSPS) is 10.7. The van der Waals surface area contributed by atoms with Gasteiger partial charge in [-0.15, -0.1) is 0 Å². The molecule has 1 N–H and O–H groups in total. The van der Waals surface area contributed by atoms with Crippen molar-refractivity contribution >= 4 is 5.95 Å². The maximum atomic E-state index is 4.43. The number of hydrogen-bond acceptors (Lipinski definition) is 6. The van der Waals surface area contributed by atoms with Crippen molar-refractivity contribution in [3.8, 4) is 17.5 Å². The van der Waals surface area contributed by atoms with E-state index < -0.39 is 0 Å². The fourth-order valence-corrected chi connectivity index (χ4v) is 1.74. The quantitative estimate of drug-likeness (QED) is 0.757. The van der Waals surface area contributed by atoms with Crippen LogP contribution in [-0.2, 0) is 7.05 Å². The zero-order valence-corrected chi connectivity index (χ0v) is 11.2. The molecule has 0 radical (unpaired) electrons. The van der Waals surface area contributed by atoms with Crippen molar-refractivity contribution in [2.45, 2.75) is 6.92 Å². The van der Waals surface area contributed by atoms with E-state index in [4.69, 9.17) is 0 Å². The van der Waals surface area contributed by atoms with E-state index in [1.807, 2.05) is 26.2 Å². The molecule has 0 aromatic carbocycles. The number of hydrogen-bond donors (Lipinski definition) is 1. The van der Waals surface area contributed by atoms with Crippen molar-refractivity contribution in [1.82, 2.24) is 34.3 Å². The average Bonchev–Trinajstić information content (AvgIpc) is 3.09. The number of aromatic nitrogens is 7. The van der Waals surface area contributed by atoms with Crippen LogP contribution in [0.1, 0.15) is 6.92 Å². The van der Waals surface area contributed by atoms with Crippen molar-refractivity contribution < 1.29 is 0 Å². The first kappa shape index (κ1) is 12.3. The van der Waals surface area contributed by atoms with Crippen molar-refractivity contribution in [2.75, 3.05) is 11.9 Å². The molecule has 0 aliphatic heterocycles. The summed E-state index contributed by atoms with van der Waals surface area (Å²) in [7, 11) is 1.85. The molecule has 3 rings (SSSR count). The molecule has 8 heteroatoms. The van der Waals surface area contributed by atoms with Crippen LogP contribution in [0.5, 0.6) is 0 Å². The third kappa shape index (κ3) is 2.35. The molecular formula is C12H14N8. The molecule has 0 saturated carbocycles. The highest BCUT2D eigenvalue weighted by Crippen LogP contribution is 2.15. The van der Waals surface area contributed by atoms with Crippen LogP contribution in [0.25, 0.3) is 17.5 Å². The van der Waals surface area contributed by atoms with Crippen molar-refractivity contribution in [3.05, 3.63) is 31.0 Å². The van der Waals surface area contributed by atoms with Gasteiger partial charge in [0.15, 0.2) is 5.82 Å². The van der Waals surface area contributed by atoms with E-state index >= 15 is 0 Å². The summed E-state index contributed by atoms with van der Waals surface area (Å²) in [6.45, 7) is 2.72. The zero-order valence-electron chi connectivity index (χ0n) is 11.2. The first-order chi connectivity index (χ1) is 9.76. The molecule has 102 valence electrons. The number of nitrogens with zero attached hydrogens (tertiary/aromatic N) is 7. The summed E-state index contributed by atoms with van der Waals surface area (Å²) in [5.41, 5.74) is 0.704. The summed E-state index contributed by atoms with van der Waals surface area (Å²) in [5, 5.41) is 7.41. The number of nitrogens with one attached hydrogen (secondary N) is 1. The predicted molar refractivity (Wildman–Crippen MR) is 73.3 cm³/mol. The van der Waals surface area contributed by atoms with Gasteiger partial charge in [0.1, 0.15) is 12.0 Å². The zero-order chi connectivity index (χ0) is 13.9. The van der Waals surface area contributed by atoms with Crippen LogP contribution in [0, 0.1) is 0 Å². The van der Waals surface area contributed by atoms with E-state index in [9.17, 15) is 0 Å². The van der Waals surface area contributed by atoms with Gasteiger partial charge >= 0.3 is 0 Å². The number of aryl methyl sites for hydroxylation is 1. The molecule has 0 aliphatic carbocycles. The highest BCUT2D eigenvalue weighted by molar-refractivity contribution is 5.51. The molecule has 0 fully saturated rings. The average molecular weight is 270 g/mol. The SMILES string of the molecule is CCNc1nc(-c2ccn(C)n2)nc(-n2ccnc2)n1. The van der Waals surface area contributed by atoms with E-state index in [1.165, 1.54) is 0 Å². The van der Waals surface area contributed by atoms with Gasteiger partial charge in [0.05, 0.1) is 0 Å². The topological polar surface area (TPSA) is 86.3 Å². The van der Waals surface area contributed by atoms with Gasteiger partial charge in [0, 0.05) is 32.2 Å². The number of imidazole rings is 1. The van der Waals surface area contributed by atoms with Crippen LogP contribution < -0.4 is 5.32 Å². The van der Waals surface area contributed by atoms with E-state index in [2.05, 4.69) is 30.4 Å². The lowest BCUT2D eigenvalue weighted by molar-refractivity contribution is 0.767. The van der Waals surface area contributed by atoms with Gasteiger partial charge in [0.2, 0.25) is 11.9 Å². The molecule has 0 amide bonds. The maximum absolute atomic E-state index is 4.43. The summed E-state index contributed by atoms with van der Waals surface area (Å²) in [5.74, 6) is 1.56. The Morgan fingerprint density at radius 3 is 2.75 bits per heavy atom. The van der Waals surface area contributed by atoms with Crippen LogP contribution in [0.4, 0.5) is 5.95 Å². The predicted octanol–water partition coefficient (Wildman–Crippen LogP) is 0.890. The fraction of sp³-hybridized carbons (Fsp3) is 0.250. The van der Waals surface area contributed by atoms with Crippen LogP contribution in [-0.4, -0.2) is 40.8 Å². The minimum atomic E-state index is 0.508. The Balaban J connectivity index is 2.09. The second-order valence-corrected chi connectivity index (χ2v) is 4.16. The van der Waals surface area contributed by atoms with Crippen molar-refractivity contribution in [3.63, 3.8) is 0 Å². The summed E-state index contributed by atoms with van der Waals surface area (Å²) < 4.78 is 3.44. The molecule has 3 aromatic heterocycles. The van der Waals surface area contributed by atoms with E-state index in [0.29, 0.717) is 23.4 Å². The lowest BCUT2D eigenvalue weighted by atomic mass is 10.4. The first-order valence-electron chi connectivity index (χ1n) is 6.24. The van der Waals surface area contributed by atoms with Crippen LogP contribution >= 0.6 is 0 Å². The number of anilines is 1. The van der Waals surface area contributed by atoms with Crippen molar-refractivity contribution in [2.24, 2.45) is 7.05 Å². The Morgan fingerprint density at radius 2 is 2.10 bits per heavy atom. The Kier molecular flexibility index (Phi) is 3.12. The van der Waals surface area contributed by atoms with Gasteiger partial charge in [-0.25, -0.2) is 4.98 Å². The maximum Gasteiger partial charge on any atom is 0.240 e. The molecule has 0 bridgehead atoms. The minimum Gasteiger partial charge on any atom is -0.354 e. The second kappa shape index (κ2) is 5.08. The van der Waals surface area contributed by atoms with Gasteiger partial charge in [-0.05, 0) is 13.0 Å². The molecule has 0 spiro atoms. The molecule has 0 atom stereocenters. The highest BCUT2D eigenvalue weighted by Gasteiger charge is 2.11. The van der Waals surface area contributed by atoms with Crippen molar-refractivity contribution in [1.29, 1.82) is 0 Å². The molecule has 0 unspecified atom stereocenters.